The summed E-state index contributed by atoms with van der Waals surface area (Å²) in [6.45, 7) is 3.49. The standard InChI is InChI=1S/C18H22N4O4/c1-2-6-12(16(19)24)20-15(23)10-14-18(26)21-13(17(25)22-14)9-11-7-4-3-5-8-11/h2-5,7-8,12-14H,1,6,9-10H2,(H2,19,24)(H,20,23)(H,21,26)(H,22,25)/t12-,13-,14-/m0/s1. The van der Waals surface area contributed by atoms with Crippen molar-refractivity contribution in [2.45, 2.75) is 37.4 Å². The monoisotopic (exact) mass is 358 g/mol. The summed E-state index contributed by atoms with van der Waals surface area (Å²) >= 11 is 0. The third kappa shape index (κ3) is 5.17. The Hall–Kier alpha value is -3.16. The Morgan fingerprint density at radius 1 is 1.15 bits per heavy atom. The van der Waals surface area contributed by atoms with Crippen LogP contribution in [0, 0.1) is 0 Å². The van der Waals surface area contributed by atoms with Crippen LogP contribution in [0.3, 0.4) is 0 Å². The van der Waals surface area contributed by atoms with Crippen molar-refractivity contribution in [2.24, 2.45) is 5.73 Å². The predicted molar refractivity (Wildman–Crippen MR) is 94.6 cm³/mol. The van der Waals surface area contributed by atoms with Crippen LogP contribution in [0.25, 0.3) is 0 Å². The highest BCUT2D eigenvalue weighted by Gasteiger charge is 2.35. The second-order valence-electron chi connectivity index (χ2n) is 6.06. The molecule has 1 heterocycles. The topological polar surface area (TPSA) is 130 Å². The molecule has 138 valence electrons. The maximum Gasteiger partial charge on any atom is 0.243 e. The van der Waals surface area contributed by atoms with Gasteiger partial charge in [0.1, 0.15) is 18.1 Å². The molecule has 0 bridgehead atoms. The lowest BCUT2D eigenvalue weighted by molar-refractivity contribution is -0.138. The first kappa shape index (κ1) is 19.2. The van der Waals surface area contributed by atoms with Crippen LogP contribution in [-0.4, -0.2) is 41.8 Å². The lowest BCUT2D eigenvalue weighted by Gasteiger charge is -2.29. The minimum absolute atomic E-state index is 0.184. The Morgan fingerprint density at radius 3 is 2.38 bits per heavy atom. The SMILES string of the molecule is C=CC[C@H](NC(=O)C[C@@H]1NC(=O)[C@H](Cc2ccccc2)NC1=O)C(N)=O. The molecule has 1 aliphatic heterocycles. The number of piperazine rings is 1. The molecule has 5 N–H and O–H groups in total. The first-order chi connectivity index (χ1) is 12.4. The average Bonchev–Trinajstić information content (AvgIpc) is 2.59. The smallest absolute Gasteiger partial charge is 0.243 e. The third-order valence-electron chi connectivity index (χ3n) is 4.02. The van der Waals surface area contributed by atoms with Gasteiger partial charge in [0.15, 0.2) is 0 Å². The fourth-order valence-electron chi connectivity index (χ4n) is 2.66. The fraction of sp³-hybridized carbons (Fsp3) is 0.333. The molecular weight excluding hydrogens is 336 g/mol. The van der Waals surface area contributed by atoms with Crippen molar-refractivity contribution in [3.8, 4) is 0 Å². The highest BCUT2D eigenvalue weighted by atomic mass is 16.2. The summed E-state index contributed by atoms with van der Waals surface area (Å²) in [5.74, 6) is -2.06. The molecular formula is C18H22N4O4. The van der Waals surface area contributed by atoms with Crippen molar-refractivity contribution >= 4 is 23.6 Å². The van der Waals surface area contributed by atoms with Gasteiger partial charge in [0, 0.05) is 6.42 Å². The number of rotatable bonds is 8. The van der Waals surface area contributed by atoms with E-state index in [1.54, 1.807) is 0 Å². The highest BCUT2D eigenvalue weighted by molar-refractivity contribution is 5.99. The highest BCUT2D eigenvalue weighted by Crippen LogP contribution is 2.08. The van der Waals surface area contributed by atoms with Crippen molar-refractivity contribution in [1.82, 2.24) is 16.0 Å². The molecule has 0 aromatic heterocycles. The number of carbonyl (C=O) groups excluding carboxylic acids is 4. The molecule has 3 atom stereocenters. The molecule has 1 aliphatic rings. The molecule has 8 nitrogen and oxygen atoms in total. The van der Waals surface area contributed by atoms with Gasteiger partial charge in [-0.3, -0.25) is 19.2 Å². The van der Waals surface area contributed by atoms with Crippen molar-refractivity contribution in [3.63, 3.8) is 0 Å². The zero-order valence-corrected chi connectivity index (χ0v) is 14.2. The van der Waals surface area contributed by atoms with E-state index in [0.29, 0.717) is 6.42 Å². The van der Waals surface area contributed by atoms with Crippen LogP contribution in [0.5, 0.6) is 0 Å². The Balaban J connectivity index is 1.91. The number of nitrogens with one attached hydrogen (secondary N) is 3. The van der Waals surface area contributed by atoms with Gasteiger partial charge in [-0.25, -0.2) is 0 Å². The molecule has 1 aromatic rings. The second-order valence-corrected chi connectivity index (χ2v) is 6.06. The van der Waals surface area contributed by atoms with Crippen molar-refractivity contribution in [1.29, 1.82) is 0 Å². The van der Waals surface area contributed by atoms with Crippen LogP contribution in [0.15, 0.2) is 43.0 Å². The number of amides is 4. The minimum Gasteiger partial charge on any atom is -0.368 e. The van der Waals surface area contributed by atoms with Gasteiger partial charge >= 0.3 is 0 Å². The van der Waals surface area contributed by atoms with Gasteiger partial charge in [-0.2, -0.15) is 0 Å². The van der Waals surface area contributed by atoms with Crippen LogP contribution in [0.2, 0.25) is 0 Å². The molecule has 8 heteroatoms. The van der Waals surface area contributed by atoms with Crippen LogP contribution < -0.4 is 21.7 Å². The van der Waals surface area contributed by atoms with Gasteiger partial charge in [0.25, 0.3) is 0 Å². The summed E-state index contributed by atoms with van der Waals surface area (Å²) in [5.41, 5.74) is 6.11. The number of primary amides is 1. The maximum atomic E-state index is 12.2. The lowest BCUT2D eigenvalue weighted by atomic mass is 10.0. The summed E-state index contributed by atoms with van der Waals surface area (Å²) in [6.07, 6.45) is 1.72. The molecule has 1 saturated heterocycles. The van der Waals surface area contributed by atoms with Crippen LogP contribution in [0.1, 0.15) is 18.4 Å². The van der Waals surface area contributed by atoms with Gasteiger partial charge in [-0.15, -0.1) is 6.58 Å². The molecule has 0 aliphatic carbocycles. The molecule has 1 fully saturated rings. The van der Waals surface area contributed by atoms with Gasteiger partial charge in [-0.05, 0) is 12.0 Å². The van der Waals surface area contributed by atoms with E-state index in [1.165, 1.54) is 6.08 Å². The Bertz CT molecular complexity index is 704. The zero-order chi connectivity index (χ0) is 19.1. The van der Waals surface area contributed by atoms with E-state index in [-0.39, 0.29) is 18.7 Å². The molecule has 0 radical (unpaired) electrons. The van der Waals surface area contributed by atoms with Gasteiger partial charge in [0.05, 0.1) is 6.42 Å². The lowest BCUT2D eigenvalue weighted by Crippen LogP contribution is -2.63. The van der Waals surface area contributed by atoms with E-state index in [2.05, 4.69) is 22.5 Å². The van der Waals surface area contributed by atoms with E-state index in [4.69, 9.17) is 5.73 Å². The van der Waals surface area contributed by atoms with E-state index in [1.807, 2.05) is 30.3 Å². The first-order valence-corrected chi connectivity index (χ1v) is 8.25. The molecule has 1 aromatic carbocycles. The summed E-state index contributed by atoms with van der Waals surface area (Å²) in [6, 6.07) is 6.71. The van der Waals surface area contributed by atoms with E-state index in [9.17, 15) is 19.2 Å². The number of carbonyl (C=O) groups is 4. The van der Waals surface area contributed by atoms with E-state index >= 15 is 0 Å². The molecule has 4 amide bonds. The van der Waals surface area contributed by atoms with Gasteiger partial charge in [0.2, 0.25) is 23.6 Å². The predicted octanol–water partition coefficient (Wildman–Crippen LogP) is -0.851. The van der Waals surface area contributed by atoms with Crippen molar-refractivity contribution in [3.05, 3.63) is 48.6 Å². The second kappa shape index (κ2) is 8.80. The maximum absolute atomic E-state index is 12.2. The van der Waals surface area contributed by atoms with Crippen molar-refractivity contribution < 1.29 is 19.2 Å². The molecule has 0 spiro atoms. The van der Waals surface area contributed by atoms with Crippen LogP contribution >= 0.6 is 0 Å². The normalized spacial score (nSPS) is 20.5. The molecule has 0 unspecified atom stereocenters. The number of hydrogen-bond donors (Lipinski definition) is 4. The minimum atomic E-state index is -0.994. The molecule has 26 heavy (non-hydrogen) atoms. The molecule has 2 rings (SSSR count). The third-order valence-corrected chi connectivity index (χ3v) is 4.02. The Labute approximate surface area is 151 Å². The van der Waals surface area contributed by atoms with Crippen LogP contribution in [0.4, 0.5) is 0 Å². The molecule has 0 saturated carbocycles. The van der Waals surface area contributed by atoms with Crippen LogP contribution in [-0.2, 0) is 25.6 Å². The van der Waals surface area contributed by atoms with Crippen molar-refractivity contribution in [2.75, 3.05) is 0 Å². The summed E-state index contributed by atoms with van der Waals surface area (Å²) in [7, 11) is 0. The fourth-order valence-corrected chi connectivity index (χ4v) is 2.66. The van der Waals surface area contributed by atoms with E-state index < -0.39 is 35.8 Å². The number of hydrogen-bond acceptors (Lipinski definition) is 4. The number of nitrogens with two attached hydrogens (primary N) is 1. The Kier molecular flexibility index (Phi) is 6.48. The zero-order valence-electron chi connectivity index (χ0n) is 14.2. The summed E-state index contributed by atoms with van der Waals surface area (Å²) in [4.78, 5) is 47.7. The quantitative estimate of drug-likeness (QED) is 0.451. The Morgan fingerprint density at radius 2 is 1.77 bits per heavy atom. The first-order valence-electron chi connectivity index (χ1n) is 8.25. The van der Waals surface area contributed by atoms with Gasteiger partial charge in [-0.1, -0.05) is 36.4 Å². The van der Waals surface area contributed by atoms with Gasteiger partial charge < -0.3 is 21.7 Å². The largest absolute Gasteiger partial charge is 0.368 e. The van der Waals surface area contributed by atoms with E-state index in [0.717, 1.165) is 5.56 Å². The number of benzene rings is 1. The average molecular weight is 358 g/mol. The summed E-state index contributed by atoms with van der Waals surface area (Å²) in [5, 5.41) is 7.62. The summed E-state index contributed by atoms with van der Waals surface area (Å²) < 4.78 is 0.